The minimum absolute atomic E-state index is 0.00295. The summed E-state index contributed by atoms with van der Waals surface area (Å²) in [5.74, 6) is -0.710. The van der Waals surface area contributed by atoms with Crippen LogP contribution in [0.4, 0.5) is 0 Å². The molecule has 12 heteroatoms. The molecule has 168 valence electrons. The zero-order valence-corrected chi connectivity index (χ0v) is 18.7. The van der Waals surface area contributed by atoms with E-state index in [1.54, 1.807) is 19.1 Å². The highest BCUT2D eigenvalue weighted by Crippen LogP contribution is 2.27. The van der Waals surface area contributed by atoms with E-state index in [-0.39, 0.29) is 29.2 Å². The molecule has 0 atom stereocenters. The van der Waals surface area contributed by atoms with E-state index in [0.717, 1.165) is 0 Å². The third kappa shape index (κ3) is 4.58. The molecule has 1 aliphatic rings. The van der Waals surface area contributed by atoms with Crippen LogP contribution in [0.2, 0.25) is 0 Å². The Kier molecular flexibility index (Phi) is 6.37. The van der Waals surface area contributed by atoms with Gasteiger partial charge in [-0.15, -0.1) is 11.3 Å². The number of thiazole rings is 1. The van der Waals surface area contributed by atoms with E-state index in [1.807, 2.05) is 0 Å². The quantitative estimate of drug-likeness (QED) is 0.537. The van der Waals surface area contributed by atoms with Crippen LogP contribution < -0.4 is 10.9 Å². The molecule has 1 saturated heterocycles. The molecular weight excluding hydrogens is 456 g/mol. The topological polar surface area (TPSA) is 131 Å². The third-order valence-electron chi connectivity index (χ3n) is 4.74. The number of aromatic nitrogens is 1. The number of morpholine rings is 1. The van der Waals surface area contributed by atoms with Crippen molar-refractivity contribution >= 4 is 33.2 Å². The van der Waals surface area contributed by atoms with Crippen molar-refractivity contribution in [3.8, 4) is 10.8 Å². The number of furan rings is 1. The highest BCUT2D eigenvalue weighted by Gasteiger charge is 2.27. The molecule has 10 nitrogen and oxygen atoms in total. The molecule has 32 heavy (non-hydrogen) atoms. The lowest BCUT2D eigenvalue weighted by Crippen LogP contribution is -2.42. The fourth-order valence-corrected chi connectivity index (χ4v) is 5.42. The summed E-state index contributed by atoms with van der Waals surface area (Å²) in [5.41, 5.74) is 4.86. The van der Waals surface area contributed by atoms with E-state index in [1.165, 1.54) is 46.2 Å². The van der Waals surface area contributed by atoms with Crippen LogP contribution in [-0.4, -0.2) is 55.8 Å². The Hall–Kier alpha value is -3.06. The summed E-state index contributed by atoms with van der Waals surface area (Å²) >= 11 is 1.29. The first-order chi connectivity index (χ1) is 15.4. The molecule has 3 aromatic rings. The van der Waals surface area contributed by atoms with Gasteiger partial charge in [0.2, 0.25) is 10.0 Å². The summed E-state index contributed by atoms with van der Waals surface area (Å²) in [6.45, 7) is 2.89. The fraction of sp³-hybridized carbons (Fsp3) is 0.250. The molecule has 2 N–H and O–H groups in total. The van der Waals surface area contributed by atoms with Crippen molar-refractivity contribution in [1.29, 1.82) is 0 Å². The first-order valence-corrected chi connectivity index (χ1v) is 11.9. The first-order valence-electron chi connectivity index (χ1n) is 9.66. The maximum atomic E-state index is 12.8. The zero-order chi connectivity index (χ0) is 22.7. The molecule has 2 amide bonds. The lowest BCUT2D eigenvalue weighted by Gasteiger charge is -2.26. The summed E-state index contributed by atoms with van der Waals surface area (Å²) in [6, 6.07) is 9.09. The number of amides is 2. The van der Waals surface area contributed by atoms with E-state index in [0.29, 0.717) is 28.9 Å². The van der Waals surface area contributed by atoms with E-state index in [4.69, 9.17) is 9.15 Å². The van der Waals surface area contributed by atoms with Crippen molar-refractivity contribution in [3.63, 3.8) is 0 Å². The Morgan fingerprint density at radius 3 is 2.56 bits per heavy atom. The second kappa shape index (κ2) is 9.20. The van der Waals surface area contributed by atoms with Gasteiger partial charge < -0.3 is 9.15 Å². The van der Waals surface area contributed by atoms with E-state index in [9.17, 15) is 18.0 Å². The number of hydrogen-bond acceptors (Lipinski definition) is 8. The molecule has 1 aromatic carbocycles. The predicted octanol–water partition coefficient (Wildman–Crippen LogP) is 1.81. The SMILES string of the molecule is Cc1sc(-c2ccco2)nc1C(=O)NNC(=O)c1cccc(S(=O)(=O)N2CCOCC2)c1. The van der Waals surface area contributed by atoms with E-state index >= 15 is 0 Å². The molecule has 2 aromatic heterocycles. The maximum absolute atomic E-state index is 12.8. The molecule has 0 bridgehead atoms. The van der Waals surface area contributed by atoms with Crippen LogP contribution in [0.3, 0.4) is 0 Å². The van der Waals surface area contributed by atoms with Gasteiger partial charge in [-0.3, -0.25) is 20.4 Å². The Morgan fingerprint density at radius 1 is 1.09 bits per heavy atom. The van der Waals surface area contributed by atoms with Crippen molar-refractivity contribution in [2.45, 2.75) is 11.8 Å². The average Bonchev–Trinajstić information content (AvgIpc) is 3.48. The second-order valence-electron chi connectivity index (χ2n) is 6.85. The number of hydrazine groups is 1. The Morgan fingerprint density at radius 2 is 1.84 bits per heavy atom. The lowest BCUT2D eigenvalue weighted by atomic mass is 10.2. The minimum Gasteiger partial charge on any atom is -0.462 e. The number of sulfonamides is 1. The van der Waals surface area contributed by atoms with Crippen molar-refractivity contribution in [2.24, 2.45) is 0 Å². The van der Waals surface area contributed by atoms with Gasteiger partial charge in [0.15, 0.2) is 10.8 Å². The first kappa shape index (κ1) is 22.1. The standard InChI is InChI=1S/C20H20N4O6S2/c1-13-17(21-20(31-13)16-6-3-9-30-16)19(26)23-22-18(25)14-4-2-5-15(12-14)32(27,28)24-7-10-29-11-8-24/h2-6,9,12H,7-8,10-11H2,1H3,(H,22,25)(H,23,26). The molecule has 3 heterocycles. The average molecular weight is 477 g/mol. The number of rotatable bonds is 5. The van der Waals surface area contributed by atoms with Crippen LogP contribution in [0.15, 0.2) is 52.0 Å². The van der Waals surface area contributed by atoms with Crippen LogP contribution >= 0.6 is 11.3 Å². The number of ether oxygens (including phenoxy) is 1. The summed E-state index contributed by atoms with van der Waals surface area (Å²) in [4.78, 5) is 29.9. The molecule has 0 saturated carbocycles. The smallest absolute Gasteiger partial charge is 0.289 e. The van der Waals surface area contributed by atoms with Crippen LogP contribution in [0.1, 0.15) is 25.7 Å². The Labute approximate surface area is 188 Å². The zero-order valence-electron chi connectivity index (χ0n) is 17.0. The third-order valence-corrected chi connectivity index (χ3v) is 7.62. The molecule has 0 radical (unpaired) electrons. The summed E-state index contributed by atoms with van der Waals surface area (Å²) in [7, 11) is -3.75. The van der Waals surface area contributed by atoms with Crippen molar-refractivity contribution in [3.05, 3.63) is 58.8 Å². The van der Waals surface area contributed by atoms with E-state index in [2.05, 4.69) is 15.8 Å². The van der Waals surface area contributed by atoms with Gasteiger partial charge in [-0.05, 0) is 37.3 Å². The monoisotopic (exact) mass is 476 g/mol. The molecule has 0 spiro atoms. The van der Waals surface area contributed by atoms with Crippen molar-refractivity contribution in [1.82, 2.24) is 20.1 Å². The number of nitrogens with one attached hydrogen (secondary N) is 2. The van der Waals surface area contributed by atoms with Gasteiger partial charge in [0.05, 0.1) is 24.4 Å². The lowest BCUT2D eigenvalue weighted by molar-refractivity contribution is 0.0730. The minimum atomic E-state index is -3.75. The van der Waals surface area contributed by atoms with Crippen LogP contribution in [0.25, 0.3) is 10.8 Å². The number of benzene rings is 1. The molecule has 1 fully saturated rings. The normalized spacial score (nSPS) is 14.8. The van der Waals surface area contributed by atoms with Gasteiger partial charge in [-0.1, -0.05) is 6.07 Å². The molecular formula is C20H20N4O6S2. The molecule has 0 unspecified atom stereocenters. The van der Waals surface area contributed by atoms with Crippen molar-refractivity contribution < 1.29 is 27.2 Å². The number of carbonyl (C=O) groups excluding carboxylic acids is 2. The Balaban J connectivity index is 1.43. The van der Waals surface area contributed by atoms with Gasteiger partial charge in [0, 0.05) is 23.5 Å². The van der Waals surface area contributed by atoms with Gasteiger partial charge in [0.25, 0.3) is 11.8 Å². The summed E-state index contributed by atoms with van der Waals surface area (Å²) in [5, 5.41) is 0.546. The number of aryl methyl sites for hydroxylation is 1. The van der Waals surface area contributed by atoms with Crippen LogP contribution in [0.5, 0.6) is 0 Å². The van der Waals surface area contributed by atoms with Crippen LogP contribution in [-0.2, 0) is 14.8 Å². The fourth-order valence-electron chi connectivity index (χ4n) is 3.09. The maximum Gasteiger partial charge on any atom is 0.289 e. The van der Waals surface area contributed by atoms with Gasteiger partial charge in [-0.25, -0.2) is 13.4 Å². The molecule has 0 aliphatic carbocycles. The highest BCUT2D eigenvalue weighted by molar-refractivity contribution is 7.89. The number of hydrogen-bond donors (Lipinski definition) is 2. The van der Waals surface area contributed by atoms with Gasteiger partial charge in [0.1, 0.15) is 5.69 Å². The second-order valence-corrected chi connectivity index (χ2v) is 9.99. The summed E-state index contributed by atoms with van der Waals surface area (Å²) in [6.07, 6.45) is 1.51. The molecule has 4 rings (SSSR count). The predicted molar refractivity (Wildman–Crippen MR) is 116 cm³/mol. The largest absolute Gasteiger partial charge is 0.462 e. The van der Waals surface area contributed by atoms with Crippen LogP contribution in [0, 0.1) is 6.92 Å². The van der Waals surface area contributed by atoms with Gasteiger partial charge in [-0.2, -0.15) is 4.31 Å². The summed E-state index contributed by atoms with van der Waals surface area (Å²) < 4.78 is 37.4. The Bertz CT molecular complexity index is 1230. The number of nitrogens with zero attached hydrogens (tertiary/aromatic N) is 2. The number of carbonyl (C=O) groups is 2. The highest BCUT2D eigenvalue weighted by atomic mass is 32.2. The van der Waals surface area contributed by atoms with E-state index < -0.39 is 21.8 Å². The molecule has 1 aliphatic heterocycles. The van der Waals surface area contributed by atoms with Crippen molar-refractivity contribution in [2.75, 3.05) is 26.3 Å². The van der Waals surface area contributed by atoms with Gasteiger partial charge >= 0.3 is 0 Å².